The minimum atomic E-state index is -0.197. The summed E-state index contributed by atoms with van der Waals surface area (Å²) >= 11 is 0. The molecule has 6 heteroatoms. The van der Waals surface area contributed by atoms with Crippen LogP contribution in [0.2, 0.25) is 0 Å². The van der Waals surface area contributed by atoms with E-state index in [1.807, 2.05) is 0 Å². The zero-order valence-corrected chi connectivity index (χ0v) is 12.7. The molecule has 22 heavy (non-hydrogen) atoms. The number of hydrogen-bond acceptors (Lipinski definition) is 4. The second-order valence-electron chi connectivity index (χ2n) is 6.16. The van der Waals surface area contributed by atoms with Crippen LogP contribution in [0.15, 0.2) is 23.1 Å². The number of aromatic nitrogens is 1. The first kappa shape index (κ1) is 15.2. The second kappa shape index (κ2) is 7.07. The molecule has 1 aromatic heterocycles. The van der Waals surface area contributed by atoms with Crippen LogP contribution in [0.1, 0.15) is 24.8 Å². The van der Waals surface area contributed by atoms with E-state index in [1.54, 1.807) is 12.3 Å². The van der Waals surface area contributed by atoms with Crippen molar-refractivity contribution < 1.29 is 9.53 Å². The maximum Gasteiger partial charge on any atom is 0.247 e. The molecule has 2 heterocycles. The van der Waals surface area contributed by atoms with E-state index >= 15 is 0 Å². The zero-order valence-electron chi connectivity index (χ0n) is 12.7. The molecule has 2 aliphatic rings. The molecule has 0 spiro atoms. The normalized spacial score (nSPS) is 23.0. The summed E-state index contributed by atoms with van der Waals surface area (Å²) in [4.78, 5) is 28.3. The Morgan fingerprint density at radius 3 is 2.95 bits per heavy atom. The quantitative estimate of drug-likeness (QED) is 0.830. The third-order valence-electron chi connectivity index (χ3n) is 4.57. The van der Waals surface area contributed by atoms with Crippen molar-refractivity contribution in [3.63, 3.8) is 0 Å². The smallest absolute Gasteiger partial charge is 0.247 e. The van der Waals surface area contributed by atoms with Crippen LogP contribution in [-0.2, 0) is 16.1 Å². The molecule has 1 aliphatic heterocycles. The molecule has 1 saturated heterocycles. The van der Waals surface area contributed by atoms with Gasteiger partial charge in [0.05, 0.1) is 13.2 Å². The lowest BCUT2D eigenvalue weighted by Gasteiger charge is -2.39. The Morgan fingerprint density at radius 2 is 2.27 bits per heavy atom. The maximum absolute atomic E-state index is 12.4. The van der Waals surface area contributed by atoms with Crippen LogP contribution in [0.5, 0.6) is 0 Å². The average molecular weight is 305 g/mol. The molecule has 1 aliphatic carbocycles. The van der Waals surface area contributed by atoms with Crippen molar-refractivity contribution in [1.82, 2.24) is 15.2 Å². The van der Waals surface area contributed by atoms with Crippen LogP contribution in [0, 0.1) is 5.92 Å². The third-order valence-corrected chi connectivity index (χ3v) is 4.57. The van der Waals surface area contributed by atoms with Gasteiger partial charge in [-0.15, -0.1) is 0 Å². The number of pyridine rings is 1. The Balaban J connectivity index is 1.54. The molecule has 0 unspecified atom stereocenters. The van der Waals surface area contributed by atoms with Gasteiger partial charge in [-0.3, -0.25) is 14.5 Å². The lowest BCUT2D eigenvalue weighted by atomic mass is 9.84. The molecule has 1 atom stereocenters. The highest BCUT2D eigenvalue weighted by atomic mass is 16.5. The molecule has 0 radical (unpaired) electrons. The van der Waals surface area contributed by atoms with Gasteiger partial charge < -0.3 is 15.0 Å². The number of H-pyrrole nitrogens is 1. The zero-order chi connectivity index (χ0) is 15.4. The van der Waals surface area contributed by atoms with Gasteiger partial charge in [-0.2, -0.15) is 0 Å². The van der Waals surface area contributed by atoms with Crippen LogP contribution in [0.4, 0.5) is 0 Å². The molecule has 2 fully saturated rings. The highest BCUT2D eigenvalue weighted by molar-refractivity contribution is 5.82. The van der Waals surface area contributed by atoms with Gasteiger partial charge in [-0.1, -0.05) is 12.5 Å². The minimum absolute atomic E-state index is 0.00484. The molecule has 1 saturated carbocycles. The van der Waals surface area contributed by atoms with Crippen LogP contribution >= 0.6 is 0 Å². The maximum atomic E-state index is 12.4. The second-order valence-corrected chi connectivity index (χ2v) is 6.16. The van der Waals surface area contributed by atoms with Crippen molar-refractivity contribution in [2.45, 2.75) is 31.8 Å². The van der Waals surface area contributed by atoms with Gasteiger partial charge in [-0.05, 0) is 24.3 Å². The number of aromatic amines is 1. The van der Waals surface area contributed by atoms with Crippen LogP contribution in [-0.4, -0.2) is 48.1 Å². The Labute approximate surface area is 129 Å². The SMILES string of the molecule is O=C(NCc1ccc(=O)[nH]c1)[C@H]1COCCN1CC1CCC1. The number of ether oxygens (including phenoxy) is 1. The van der Waals surface area contributed by atoms with E-state index in [9.17, 15) is 9.59 Å². The predicted octanol–water partition coefficient (Wildman–Crippen LogP) is 0.492. The van der Waals surface area contributed by atoms with Crippen molar-refractivity contribution in [2.24, 2.45) is 5.92 Å². The van der Waals surface area contributed by atoms with Gasteiger partial charge in [0.2, 0.25) is 11.5 Å². The van der Waals surface area contributed by atoms with E-state index < -0.39 is 0 Å². The van der Waals surface area contributed by atoms with Crippen molar-refractivity contribution in [2.75, 3.05) is 26.3 Å². The Hall–Kier alpha value is -1.66. The van der Waals surface area contributed by atoms with Crippen LogP contribution < -0.4 is 10.9 Å². The fourth-order valence-electron chi connectivity index (χ4n) is 2.96. The number of amides is 1. The van der Waals surface area contributed by atoms with Crippen molar-refractivity contribution >= 4 is 5.91 Å². The summed E-state index contributed by atoms with van der Waals surface area (Å²) in [6.07, 6.45) is 5.51. The Bertz CT molecular complexity index is 548. The first-order valence-electron chi connectivity index (χ1n) is 7.99. The standard InChI is InChI=1S/C16H23N3O3/c20-15-5-4-13(8-17-15)9-18-16(21)14-11-22-7-6-19(14)10-12-2-1-3-12/h4-5,8,12,14H,1-3,6-7,9-11H2,(H,17,20)(H,18,21)/t14-/m1/s1. The number of hydrogen-bond donors (Lipinski definition) is 2. The summed E-state index contributed by atoms with van der Waals surface area (Å²) in [6.45, 7) is 3.41. The van der Waals surface area contributed by atoms with Crippen molar-refractivity contribution in [3.8, 4) is 0 Å². The molecule has 0 aromatic carbocycles. The topological polar surface area (TPSA) is 74.4 Å². The molecule has 120 valence electrons. The minimum Gasteiger partial charge on any atom is -0.378 e. The molecular formula is C16H23N3O3. The highest BCUT2D eigenvalue weighted by Gasteiger charge is 2.32. The molecule has 1 amide bonds. The number of morpholine rings is 1. The molecule has 0 bridgehead atoms. The van der Waals surface area contributed by atoms with Gasteiger partial charge in [0.1, 0.15) is 6.04 Å². The fourth-order valence-corrected chi connectivity index (χ4v) is 2.96. The van der Waals surface area contributed by atoms with E-state index in [1.165, 1.54) is 25.3 Å². The molecular weight excluding hydrogens is 282 g/mol. The van der Waals surface area contributed by atoms with E-state index in [2.05, 4.69) is 15.2 Å². The lowest BCUT2D eigenvalue weighted by molar-refractivity contribution is -0.133. The van der Waals surface area contributed by atoms with E-state index in [-0.39, 0.29) is 17.5 Å². The largest absolute Gasteiger partial charge is 0.378 e. The van der Waals surface area contributed by atoms with Gasteiger partial charge in [-0.25, -0.2) is 0 Å². The molecule has 6 nitrogen and oxygen atoms in total. The fraction of sp³-hybridized carbons (Fsp3) is 0.625. The average Bonchev–Trinajstić information content (AvgIpc) is 2.50. The van der Waals surface area contributed by atoms with E-state index in [0.29, 0.717) is 19.8 Å². The van der Waals surface area contributed by atoms with Crippen LogP contribution in [0.25, 0.3) is 0 Å². The number of nitrogens with zero attached hydrogens (tertiary/aromatic N) is 1. The highest BCUT2D eigenvalue weighted by Crippen LogP contribution is 2.28. The monoisotopic (exact) mass is 305 g/mol. The first-order chi connectivity index (χ1) is 10.7. The number of carbonyl (C=O) groups excluding carboxylic acids is 1. The summed E-state index contributed by atoms with van der Waals surface area (Å²) < 4.78 is 5.48. The number of carbonyl (C=O) groups is 1. The summed E-state index contributed by atoms with van der Waals surface area (Å²) in [7, 11) is 0. The third kappa shape index (κ3) is 3.75. The van der Waals surface area contributed by atoms with E-state index in [0.717, 1.165) is 24.6 Å². The number of rotatable bonds is 5. The summed E-state index contributed by atoms with van der Waals surface area (Å²) in [5, 5.41) is 2.94. The van der Waals surface area contributed by atoms with Crippen LogP contribution in [0.3, 0.4) is 0 Å². The van der Waals surface area contributed by atoms with Gasteiger partial charge in [0, 0.05) is 31.9 Å². The lowest BCUT2D eigenvalue weighted by Crippen LogP contribution is -2.55. The Morgan fingerprint density at radius 1 is 1.41 bits per heavy atom. The van der Waals surface area contributed by atoms with Gasteiger partial charge in [0.25, 0.3) is 0 Å². The summed E-state index contributed by atoms with van der Waals surface area (Å²) in [5.74, 6) is 0.748. The summed E-state index contributed by atoms with van der Waals surface area (Å²) in [6, 6.07) is 2.99. The van der Waals surface area contributed by atoms with Crippen molar-refractivity contribution in [1.29, 1.82) is 0 Å². The molecule has 2 N–H and O–H groups in total. The predicted molar refractivity (Wildman–Crippen MR) is 82.4 cm³/mol. The van der Waals surface area contributed by atoms with Gasteiger partial charge >= 0.3 is 0 Å². The summed E-state index contributed by atoms with van der Waals surface area (Å²) in [5.41, 5.74) is 0.748. The molecule has 1 aromatic rings. The van der Waals surface area contributed by atoms with Crippen molar-refractivity contribution in [3.05, 3.63) is 34.2 Å². The van der Waals surface area contributed by atoms with E-state index in [4.69, 9.17) is 4.74 Å². The Kier molecular flexibility index (Phi) is 4.90. The molecule has 3 rings (SSSR count). The number of nitrogens with one attached hydrogen (secondary N) is 2. The first-order valence-corrected chi connectivity index (χ1v) is 7.99. The van der Waals surface area contributed by atoms with Gasteiger partial charge in [0.15, 0.2) is 0 Å².